The lowest BCUT2D eigenvalue weighted by molar-refractivity contribution is 0.0772. The highest BCUT2D eigenvalue weighted by molar-refractivity contribution is 8.00. The molecule has 4 heteroatoms. The molecule has 0 atom stereocenters. The first-order valence-electron chi connectivity index (χ1n) is 7.76. The molecule has 0 radical (unpaired) electrons. The predicted molar refractivity (Wildman–Crippen MR) is 95.2 cm³/mol. The van der Waals surface area contributed by atoms with Gasteiger partial charge in [-0.1, -0.05) is 36.4 Å². The molecule has 0 N–H and O–H groups in total. The van der Waals surface area contributed by atoms with Crippen molar-refractivity contribution in [1.82, 2.24) is 4.90 Å². The van der Waals surface area contributed by atoms with Gasteiger partial charge >= 0.3 is 0 Å². The van der Waals surface area contributed by atoms with Crippen molar-refractivity contribution < 1.29 is 9.59 Å². The fourth-order valence-corrected chi connectivity index (χ4v) is 3.12. The Hall–Kier alpha value is -2.07. The summed E-state index contributed by atoms with van der Waals surface area (Å²) in [6.07, 6.45) is 0. The first kappa shape index (κ1) is 17.3. The van der Waals surface area contributed by atoms with Crippen molar-refractivity contribution in [2.45, 2.75) is 18.7 Å². The molecule has 0 aromatic heterocycles. The summed E-state index contributed by atoms with van der Waals surface area (Å²) in [6.45, 7) is 5.33. The third-order valence-corrected chi connectivity index (χ3v) is 4.59. The Bertz CT molecular complexity index is 666. The molecule has 0 fully saturated rings. The van der Waals surface area contributed by atoms with Crippen LogP contribution in [0.5, 0.6) is 0 Å². The normalized spacial score (nSPS) is 10.3. The van der Waals surface area contributed by atoms with E-state index in [1.165, 1.54) is 11.8 Å². The number of benzene rings is 2. The molecule has 0 aliphatic carbocycles. The predicted octanol–water partition coefficient (Wildman–Crippen LogP) is 4.14. The van der Waals surface area contributed by atoms with E-state index in [2.05, 4.69) is 0 Å². The van der Waals surface area contributed by atoms with Gasteiger partial charge in [-0.15, -0.1) is 11.8 Å². The monoisotopic (exact) mass is 327 g/mol. The lowest BCUT2D eigenvalue weighted by Crippen LogP contribution is -2.30. The molecule has 23 heavy (non-hydrogen) atoms. The molecule has 0 aliphatic heterocycles. The molecule has 2 aromatic carbocycles. The van der Waals surface area contributed by atoms with Gasteiger partial charge in [-0.05, 0) is 32.0 Å². The third kappa shape index (κ3) is 4.70. The minimum atomic E-state index is 0.0341. The van der Waals surface area contributed by atoms with Gasteiger partial charge in [0.2, 0.25) is 0 Å². The van der Waals surface area contributed by atoms with Gasteiger partial charge in [0.1, 0.15) is 0 Å². The van der Waals surface area contributed by atoms with Crippen molar-refractivity contribution in [3.8, 4) is 0 Å². The van der Waals surface area contributed by atoms with Crippen LogP contribution in [-0.4, -0.2) is 35.4 Å². The Labute approximate surface area is 141 Å². The van der Waals surface area contributed by atoms with Gasteiger partial charge in [-0.2, -0.15) is 0 Å². The van der Waals surface area contributed by atoms with Gasteiger partial charge in [0, 0.05) is 29.1 Å². The Morgan fingerprint density at radius 2 is 1.57 bits per heavy atom. The van der Waals surface area contributed by atoms with Crippen molar-refractivity contribution in [3.05, 3.63) is 65.7 Å². The molecule has 0 heterocycles. The van der Waals surface area contributed by atoms with Crippen LogP contribution < -0.4 is 0 Å². The summed E-state index contributed by atoms with van der Waals surface area (Å²) in [5, 5.41) is 0. The first-order chi connectivity index (χ1) is 11.2. The molecule has 0 bridgehead atoms. The van der Waals surface area contributed by atoms with E-state index >= 15 is 0 Å². The molecule has 0 unspecified atom stereocenters. The Kier molecular flexibility index (Phi) is 6.41. The highest BCUT2D eigenvalue weighted by Gasteiger charge is 2.13. The number of ketones is 1. The van der Waals surface area contributed by atoms with Gasteiger partial charge < -0.3 is 4.90 Å². The van der Waals surface area contributed by atoms with Crippen molar-refractivity contribution in [2.24, 2.45) is 0 Å². The lowest BCUT2D eigenvalue weighted by Gasteiger charge is -2.18. The molecule has 0 spiro atoms. The van der Waals surface area contributed by atoms with Gasteiger partial charge in [0.05, 0.1) is 5.75 Å². The van der Waals surface area contributed by atoms with E-state index < -0.39 is 0 Å². The smallest absolute Gasteiger partial charge is 0.253 e. The Morgan fingerprint density at radius 3 is 2.22 bits per heavy atom. The zero-order valence-corrected chi connectivity index (χ0v) is 14.3. The van der Waals surface area contributed by atoms with Gasteiger partial charge in [0.25, 0.3) is 5.91 Å². The SMILES string of the molecule is CCN(CC)C(=O)c1cccc(SCC(=O)c2ccccc2)c1. The van der Waals surface area contributed by atoms with Crippen molar-refractivity contribution in [3.63, 3.8) is 0 Å². The number of hydrogen-bond acceptors (Lipinski definition) is 3. The number of hydrogen-bond donors (Lipinski definition) is 0. The average Bonchev–Trinajstić information content (AvgIpc) is 2.61. The van der Waals surface area contributed by atoms with Crippen LogP contribution in [0.4, 0.5) is 0 Å². The molecule has 120 valence electrons. The van der Waals surface area contributed by atoms with Crippen molar-refractivity contribution >= 4 is 23.5 Å². The standard InChI is InChI=1S/C19H21NO2S/c1-3-20(4-2)19(22)16-11-8-12-17(13-16)23-14-18(21)15-9-6-5-7-10-15/h5-13H,3-4,14H2,1-2H3. The van der Waals surface area contributed by atoms with E-state index in [9.17, 15) is 9.59 Å². The Balaban J connectivity index is 2.03. The number of nitrogens with zero attached hydrogens (tertiary/aromatic N) is 1. The molecule has 1 amide bonds. The lowest BCUT2D eigenvalue weighted by atomic mass is 10.2. The van der Waals surface area contributed by atoms with Crippen LogP contribution in [-0.2, 0) is 0 Å². The van der Waals surface area contributed by atoms with Gasteiger partial charge in [-0.25, -0.2) is 0 Å². The minimum Gasteiger partial charge on any atom is -0.339 e. The van der Waals surface area contributed by atoms with Crippen LogP contribution in [0.3, 0.4) is 0 Å². The van der Waals surface area contributed by atoms with E-state index in [1.54, 1.807) is 4.90 Å². The summed E-state index contributed by atoms with van der Waals surface area (Å²) in [5.74, 6) is 0.496. The first-order valence-corrected chi connectivity index (χ1v) is 8.74. The summed E-state index contributed by atoms with van der Waals surface area (Å²) in [5.41, 5.74) is 1.39. The number of thioether (sulfide) groups is 1. The van der Waals surface area contributed by atoms with E-state index in [0.29, 0.717) is 24.4 Å². The van der Waals surface area contributed by atoms with E-state index in [4.69, 9.17) is 0 Å². The van der Waals surface area contributed by atoms with E-state index in [0.717, 1.165) is 10.5 Å². The maximum Gasteiger partial charge on any atom is 0.253 e. The average molecular weight is 327 g/mol. The van der Waals surface area contributed by atoms with Crippen LogP contribution in [0.25, 0.3) is 0 Å². The highest BCUT2D eigenvalue weighted by Crippen LogP contribution is 2.21. The van der Waals surface area contributed by atoms with E-state index in [1.807, 2.05) is 68.4 Å². The summed E-state index contributed by atoms with van der Waals surface area (Å²) < 4.78 is 0. The second-order valence-electron chi connectivity index (χ2n) is 5.08. The third-order valence-electron chi connectivity index (χ3n) is 3.60. The molecule has 0 saturated heterocycles. The second-order valence-corrected chi connectivity index (χ2v) is 6.13. The van der Waals surface area contributed by atoms with E-state index in [-0.39, 0.29) is 11.7 Å². The zero-order chi connectivity index (χ0) is 16.7. The summed E-state index contributed by atoms with van der Waals surface area (Å²) in [6, 6.07) is 16.8. The fourth-order valence-electron chi connectivity index (χ4n) is 2.27. The molecule has 0 saturated carbocycles. The quantitative estimate of drug-likeness (QED) is 0.566. The molecular formula is C19H21NO2S. The van der Waals surface area contributed by atoms with Crippen LogP contribution in [0, 0.1) is 0 Å². The second kappa shape index (κ2) is 8.53. The van der Waals surface area contributed by atoms with Crippen LogP contribution in [0.15, 0.2) is 59.5 Å². The molecule has 0 aliphatic rings. The van der Waals surface area contributed by atoms with Gasteiger partial charge in [0.15, 0.2) is 5.78 Å². The molecule has 2 rings (SSSR count). The summed E-state index contributed by atoms with van der Waals surface area (Å²) >= 11 is 1.46. The van der Waals surface area contributed by atoms with Crippen molar-refractivity contribution in [2.75, 3.05) is 18.8 Å². The number of Topliss-reactive ketones (excluding diaryl/α,β-unsaturated/α-hetero) is 1. The van der Waals surface area contributed by atoms with Crippen molar-refractivity contribution in [1.29, 1.82) is 0 Å². The van der Waals surface area contributed by atoms with Crippen LogP contribution >= 0.6 is 11.8 Å². The maximum absolute atomic E-state index is 12.4. The number of carbonyl (C=O) groups excluding carboxylic acids is 2. The molecule has 3 nitrogen and oxygen atoms in total. The number of carbonyl (C=O) groups is 2. The maximum atomic E-state index is 12.4. The zero-order valence-electron chi connectivity index (χ0n) is 13.5. The number of amides is 1. The molecular weight excluding hydrogens is 306 g/mol. The van der Waals surface area contributed by atoms with Gasteiger partial charge in [-0.3, -0.25) is 9.59 Å². The fraction of sp³-hybridized carbons (Fsp3) is 0.263. The largest absolute Gasteiger partial charge is 0.339 e. The van der Waals surface area contributed by atoms with Crippen LogP contribution in [0.2, 0.25) is 0 Å². The summed E-state index contributed by atoms with van der Waals surface area (Å²) in [7, 11) is 0. The molecule has 2 aromatic rings. The topological polar surface area (TPSA) is 37.4 Å². The summed E-state index contributed by atoms with van der Waals surface area (Å²) in [4.78, 5) is 27.2. The Morgan fingerprint density at radius 1 is 0.913 bits per heavy atom. The highest BCUT2D eigenvalue weighted by atomic mass is 32.2. The van der Waals surface area contributed by atoms with Crippen LogP contribution in [0.1, 0.15) is 34.6 Å². The number of rotatable bonds is 7. The minimum absolute atomic E-state index is 0.0341.